The average Bonchev–Trinajstić information content (AvgIpc) is 2.79. The van der Waals surface area contributed by atoms with E-state index in [2.05, 4.69) is 15.5 Å². The van der Waals surface area contributed by atoms with E-state index in [0.717, 1.165) is 21.9 Å². The predicted molar refractivity (Wildman–Crippen MR) is 124 cm³/mol. The Labute approximate surface area is 189 Å². The number of aromatic nitrogens is 1. The molecule has 0 radical (unpaired) electrons. The number of hydrogen-bond donors (Lipinski definition) is 1. The molecule has 5 nitrogen and oxygen atoms in total. The Morgan fingerprint density at radius 3 is 2.65 bits per heavy atom. The molecule has 7 heteroatoms. The number of benzene rings is 3. The smallest absolute Gasteiger partial charge is 0.274 e. The van der Waals surface area contributed by atoms with Crippen molar-refractivity contribution in [2.24, 2.45) is 5.10 Å². The second-order valence-corrected chi connectivity index (χ2v) is 7.38. The topological polar surface area (TPSA) is 63.6 Å². The van der Waals surface area contributed by atoms with Crippen molar-refractivity contribution in [1.82, 2.24) is 10.4 Å². The first kappa shape index (κ1) is 20.8. The minimum atomic E-state index is -0.451. The van der Waals surface area contributed by atoms with Crippen molar-refractivity contribution >= 4 is 46.1 Å². The Balaban J connectivity index is 1.61. The van der Waals surface area contributed by atoms with Crippen LogP contribution >= 0.6 is 23.2 Å². The fraction of sp³-hybridized carbons (Fsp3) is 0.0417. The molecule has 3 aromatic carbocycles. The highest BCUT2D eigenvalue weighted by atomic mass is 35.5. The molecule has 1 N–H and O–H groups in total. The molecule has 1 amide bonds. The monoisotopic (exact) mass is 449 g/mol. The highest BCUT2D eigenvalue weighted by molar-refractivity contribution is 6.32. The number of nitrogens with zero attached hydrogens (tertiary/aromatic N) is 2. The summed E-state index contributed by atoms with van der Waals surface area (Å²) in [6.45, 7) is 0.302. The van der Waals surface area contributed by atoms with Crippen LogP contribution < -0.4 is 10.2 Å². The maximum Gasteiger partial charge on any atom is 0.274 e. The number of hydrazone groups is 1. The summed E-state index contributed by atoms with van der Waals surface area (Å²) in [6.07, 6.45) is 3.08. The Morgan fingerprint density at radius 2 is 1.81 bits per heavy atom. The molecule has 0 fully saturated rings. The van der Waals surface area contributed by atoms with Gasteiger partial charge in [-0.05, 0) is 35.0 Å². The molecule has 1 heterocycles. The Hall–Kier alpha value is -3.41. The zero-order valence-corrected chi connectivity index (χ0v) is 17.8. The minimum Gasteiger partial charge on any atom is -0.488 e. The van der Waals surface area contributed by atoms with Gasteiger partial charge < -0.3 is 4.74 Å². The molecule has 0 aliphatic rings. The van der Waals surface area contributed by atoms with Gasteiger partial charge in [0.2, 0.25) is 0 Å². The van der Waals surface area contributed by atoms with Crippen molar-refractivity contribution in [3.63, 3.8) is 0 Å². The summed E-state index contributed by atoms with van der Waals surface area (Å²) in [4.78, 5) is 16.3. The van der Waals surface area contributed by atoms with Crippen molar-refractivity contribution in [1.29, 1.82) is 0 Å². The molecule has 0 bridgehead atoms. The molecule has 1 aromatic heterocycles. The first-order valence-corrected chi connectivity index (χ1v) is 10.2. The quantitative estimate of drug-likeness (QED) is 0.227. The maximum atomic E-state index is 12.4. The molecule has 4 aromatic rings. The second kappa shape index (κ2) is 9.60. The molecule has 0 atom stereocenters. The van der Waals surface area contributed by atoms with Crippen LogP contribution in [-0.4, -0.2) is 17.1 Å². The molecule has 0 aliphatic heterocycles. The van der Waals surface area contributed by atoms with Crippen LogP contribution in [0.15, 0.2) is 84.1 Å². The summed E-state index contributed by atoms with van der Waals surface area (Å²) in [5, 5.41) is 6.84. The molecule has 154 valence electrons. The van der Waals surface area contributed by atoms with Gasteiger partial charge in [0.05, 0.1) is 11.8 Å². The van der Waals surface area contributed by atoms with Gasteiger partial charge in [-0.1, -0.05) is 71.7 Å². The summed E-state index contributed by atoms with van der Waals surface area (Å²) in [5.74, 6) is 0.171. The number of ether oxygens (including phenoxy) is 1. The maximum absolute atomic E-state index is 12.4. The molecule has 0 aliphatic carbocycles. The minimum absolute atomic E-state index is 0.115. The number of hydrogen-bond acceptors (Lipinski definition) is 4. The zero-order chi connectivity index (χ0) is 21.6. The normalized spacial score (nSPS) is 11.0. The van der Waals surface area contributed by atoms with E-state index in [1.54, 1.807) is 18.3 Å². The van der Waals surface area contributed by atoms with Gasteiger partial charge in [0.15, 0.2) is 0 Å². The summed E-state index contributed by atoms with van der Waals surface area (Å²) < 4.78 is 6.05. The molecule has 0 unspecified atom stereocenters. The van der Waals surface area contributed by atoms with Crippen molar-refractivity contribution < 1.29 is 9.53 Å². The summed E-state index contributed by atoms with van der Waals surface area (Å²) in [7, 11) is 0. The van der Waals surface area contributed by atoms with Gasteiger partial charge in [-0.2, -0.15) is 5.10 Å². The van der Waals surface area contributed by atoms with Crippen molar-refractivity contribution in [3.05, 3.63) is 106 Å². The van der Waals surface area contributed by atoms with Crippen LogP contribution in [-0.2, 0) is 6.61 Å². The number of halogens is 2. The van der Waals surface area contributed by atoms with E-state index in [0.29, 0.717) is 17.4 Å². The lowest BCUT2D eigenvalue weighted by atomic mass is 10.0. The van der Waals surface area contributed by atoms with E-state index in [4.69, 9.17) is 27.9 Å². The molecule has 0 saturated carbocycles. The number of rotatable bonds is 6. The van der Waals surface area contributed by atoms with Crippen LogP contribution in [0.2, 0.25) is 10.2 Å². The number of fused-ring (bicyclic) bond motifs is 1. The lowest BCUT2D eigenvalue weighted by Crippen LogP contribution is -2.18. The van der Waals surface area contributed by atoms with E-state index >= 15 is 0 Å². The van der Waals surface area contributed by atoms with E-state index in [9.17, 15) is 4.79 Å². The van der Waals surface area contributed by atoms with Crippen LogP contribution in [0.25, 0.3) is 10.8 Å². The van der Waals surface area contributed by atoms with Gasteiger partial charge in [0.25, 0.3) is 5.91 Å². The molecule has 0 spiro atoms. The third kappa shape index (κ3) is 4.85. The number of amides is 1. The predicted octanol–water partition coefficient (Wildman–Crippen LogP) is 5.88. The Morgan fingerprint density at radius 1 is 1.00 bits per heavy atom. The molecular weight excluding hydrogens is 433 g/mol. The van der Waals surface area contributed by atoms with E-state index in [1.165, 1.54) is 6.20 Å². The van der Waals surface area contributed by atoms with E-state index in [-0.39, 0.29) is 10.7 Å². The van der Waals surface area contributed by atoms with Crippen LogP contribution in [0.1, 0.15) is 21.5 Å². The molecule has 4 rings (SSSR count). The van der Waals surface area contributed by atoms with Crippen molar-refractivity contribution in [3.8, 4) is 5.75 Å². The summed E-state index contributed by atoms with van der Waals surface area (Å²) >= 11 is 12.2. The molecular formula is C24H17Cl2N3O2. The number of carbonyl (C=O) groups is 1. The van der Waals surface area contributed by atoms with Gasteiger partial charge in [0.1, 0.15) is 17.5 Å². The highest BCUT2D eigenvalue weighted by Crippen LogP contribution is 2.28. The van der Waals surface area contributed by atoms with E-state index < -0.39 is 5.91 Å². The SMILES string of the molecule is O=C(NN=Cc1c(OCc2ccccc2Cl)ccc2ccccc12)c1cccnc1Cl. The Kier molecular flexibility index (Phi) is 6.46. The van der Waals surface area contributed by atoms with Gasteiger partial charge in [0, 0.05) is 22.3 Å². The van der Waals surface area contributed by atoms with E-state index in [1.807, 2.05) is 60.7 Å². The van der Waals surface area contributed by atoms with Gasteiger partial charge >= 0.3 is 0 Å². The highest BCUT2D eigenvalue weighted by Gasteiger charge is 2.11. The molecule has 31 heavy (non-hydrogen) atoms. The number of nitrogens with one attached hydrogen (secondary N) is 1. The third-order valence-electron chi connectivity index (χ3n) is 4.64. The van der Waals surface area contributed by atoms with Gasteiger partial charge in [-0.3, -0.25) is 4.79 Å². The lowest BCUT2D eigenvalue weighted by molar-refractivity contribution is 0.0955. The number of carbonyl (C=O) groups excluding carboxylic acids is 1. The third-order valence-corrected chi connectivity index (χ3v) is 5.31. The second-order valence-electron chi connectivity index (χ2n) is 6.62. The van der Waals surface area contributed by atoms with Crippen molar-refractivity contribution in [2.75, 3.05) is 0 Å². The van der Waals surface area contributed by atoms with Gasteiger partial charge in [-0.25, -0.2) is 10.4 Å². The first-order valence-electron chi connectivity index (χ1n) is 9.45. The number of pyridine rings is 1. The standard InChI is InChI=1S/C24H17Cl2N3O2/c25-21-10-4-2-7-17(21)15-31-22-12-11-16-6-1-3-8-18(16)20(22)14-28-29-24(30)19-9-5-13-27-23(19)26/h1-14H,15H2,(H,29,30). The fourth-order valence-electron chi connectivity index (χ4n) is 3.08. The van der Waals surface area contributed by atoms with Gasteiger partial charge in [-0.15, -0.1) is 0 Å². The zero-order valence-electron chi connectivity index (χ0n) is 16.3. The van der Waals surface area contributed by atoms with Crippen LogP contribution in [0.5, 0.6) is 5.75 Å². The van der Waals surface area contributed by atoms with Crippen LogP contribution in [0, 0.1) is 0 Å². The fourth-order valence-corrected chi connectivity index (χ4v) is 3.47. The van der Waals surface area contributed by atoms with Crippen LogP contribution in [0.4, 0.5) is 0 Å². The Bertz CT molecular complexity index is 1270. The van der Waals surface area contributed by atoms with Crippen molar-refractivity contribution in [2.45, 2.75) is 6.61 Å². The molecule has 0 saturated heterocycles. The average molecular weight is 450 g/mol. The summed E-state index contributed by atoms with van der Waals surface area (Å²) in [5.41, 5.74) is 4.35. The van der Waals surface area contributed by atoms with Crippen LogP contribution in [0.3, 0.4) is 0 Å². The summed E-state index contributed by atoms with van der Waals surface area (Å²) in [6, 6.07) is 22.4. The first-order chi connectivity index (χ1) is 15.1. The lowest BCUT2D eigenvalue weighted by Gasteiger charge is -2.12. The largest absolute Gasteiger partial charge is 0.488 e.